The number of hydrogen-bond donors (Lipinski definition) is 5. The molecule has 0 saturated heterocycles. The number of nitrogens with zero attached hydrogens (tertiary/aromatic N) is 6. The molecule has 1 saturated carbocycles. The van der Waals surface area contributed by atoms with E-state index in [2.05, 4.69) is 36.6 Å². The Balaban J connectivity index is 1.08. The van der Waals surface area contributed by atoms with Crippen LogP contribution >= 0.6 is 0 Å². The highest BCUT2D eigenvalue weighted by Gasteiger charge is 2.45. The van der Waals surface area contributed by atoms with Crippen LogP contribution in [-0.2, 0) is 42.5 Å². The maximum Gasteiger partial charge on any atom is 0.306 e. The molecule has 18 nitrogen and oxygen atoms in total. The van der Waals surface area contributed by atoms with Gasteiger partial charge in [-0.25, -0.2) is 9.97 Å². The van der Waals surface area contributed by atoms with Crippen molar-refractivity contribution in [1.29, 1.82) is 0 Å². The number of nitrogens with one attached hydrogen (secondary N) is 5. The van der Waals surface area contributed by atoms with Crippen LogP contribution in [0, 0.1) is 5.41 Å². The van der Waals surface area contributed by atoms with Crippen LogP contribution in [0.2, 0.25) is 0 Å². The van der Waals surface area contributed by atoms with Crippen molar-refractivity contribution in [1.82, 2.24) is 38.9 Å². The summed E-state index contributed by atoms with van der Waals surface area (Å²) in [5.41, 5.74) is 1.09. The molecule has 5 amide bonds. The summed E-state index contributed by atoms with van der Waals surface area (Å²) < 4.78 is 11.2. The van der Waals surface area contributed by atoms with E-state index in [0.29, 0.717) is 30.2 Å². The van der Waals surface area contributed by atoms with Gasteiger partial charge in [-0.05, 0) is 37.3 Å². The van der Waals surface area contributed by atoms with E-state index in [0.717, 1.165) is 12.8 Å². The number of esters is 1. The fraction of sp³-hybridized carbons (Fsp3) is 0.394. The van der Waals surface area contributed by atoms with Crippen LogP contribution in [0.4, 0.5) is 17.2 Å². The van der Waals surface area contributed by atoms with Gasteiger partial charge in [0.15, 0.2) is 11.6 Å². The van der Waals surface area contributed by atoms with Crippen molar-refractivity contribution < 1.29 is 33.5 Å². The molecule has 4 aromatic heterocycles. The summed E-state index contributed by atoms with van der Waals surface area (Å²) >= 11 is 0. The maximum absolute atomic E-state index is 13.1. The Morgan fingerprint density at radius 1 is 0.765 bits per heavy atom. The summed E-state index contributed by atoms with van der Waals surface area (Å²) in [5, 5.41) is 13.6. The van der Waals surface area contributed by atoms with E-state index in [4.69, 9.17) is 4.74 Å². The number of anilines is 3. The molecule has 0 atom stereocenters. The van der Waals surface area contributed by atoms with Crippen LogP contribution in [0.25, 0.3) is 0 Å². The van der Waals surface area contributed by atoms with Gasteiger partial charge < -0.3 is 49.6 Å². The standard InChI is InChI=1S/C33H41N11O7/c1-6-51-26(46)15-33(8-9-33)19-36-30(48)23-14-21(17-43(23)4)38-32(50)28-40-24(18-44(28)5)39-25(45)7-10-35-29(47)22-13-20(16-42(22)3)37-31(49)27-34-11-12-41(27)2/h11-14,16-18H,6-10,15,19H2,1-5H3,(H,35,47)(H,36,48)(H,37,49)(H,38,50)(H,39,45). The minimum Gasteiger partial charge on any atom is -0.466 e. The molecule has 0 spiro atoms. The number of imidazole rings is 2. The van der Waals surface area contributed by atoms with Gasteiger partial charge in [-0.1, -0.05) is 0 Å². The normalized spacial score (nSPS) is 12.9. The van der Waals surface area contributed by atoms with Gasteiger partial charge in [0.1, 0.15) is 11.4 Å². The summed E-state index contributed by atoms with van der Waals surface area (Å²) in [5.74, 6) is -2.12. The number of amides is 5. The second-order valence-electron chi connectivity index (χ2n) is 12.5. The Morgan fingerprint density at radius 3 is 1.94 bits per heavy atom. The van der Waals surface area contributed by atoms with Crippen LogP contribution in [0.5, 0.6) is 0 Å². The van der Waals surface area contributed by atoms with Crippen molar-refractivity contribution in [3.63, 3.8) is 0 Å². The Kier molecular flexibility index (Phi) is 10.7. The first-order valence-electron chi connectivity index (χ1n) is 16.3. The lowest BCUT2D eigenvalue weighted by atomic mass is 10.0. The minimum atomic E-state index is -0.563. The molecule has 51 heavy (non-hydrogen) atoms. The summed E-state index contributed by atoms with van der Waals surface area (Å²) in [6.07, 6.45) is 9.65. The molecule has 5 rings (SSSR count). The lowest BCUT2D eigenvalue weighted by molar-refractivity contribution is -0.144. The Labute approximate surface area is 292 Å². The van der Waals surface area contributed by atoms with Gasteiger partial charge in [-0.15, -0.1) is 0 Å². The lowest BCUT2D eigenvalue weighted by Crippen LogP contribution is -2.32. The van der Waals surface area contributed by atoms with Crippen LogP contribution in [-0.4, -0.2) is 83.4 Å². The van der Waals surface area contributed by atoms with Crippen LogP contribution in [0.3, 0.4) is 0 Å². The van der Waals surface area contributed by atoms with Gasteiger partial charge in [0.25, 0.3) is 23.6 Å². The molecule has 270 valence electrons. The zero-order chi connectivity index (χ0) is 36.9. The highest BCUT2D eigenvalue weighted by Crippen LogP contribution is 2.48. The zero-order valence-corrected chi connectivity index (χ0v) is 29.0. The maximum atomic E-state index is 13.1. The first kappa shape index (κ1) is 36.1. The summed E-state index contributed by atoms with van der Waals surface area (Å²) in [6, 6.07) is 3.05. The van der Waals surface area contributed by atoms with Gasteiger partial charge in [-0.3, -0.25) is 28.8 Å². The molecule has 1 aliphatic rings. The quantitative estimate of drug-likeness (QED) is 0.113. The molecule has 0 aromatic carbocycles. The largest absolute Gasteiger partial charge is 0.466 e. The first-order valence-corrected chi connectivity index (χ1v) is 16.3. The zero-order valence-electron chi connectivity index (χ0n) is 29.0. The second-order valence-corrected chi connectivity index (χ2v) is 12.5. The minimum absolute atomic E-state index is 0.0117. The molecule has 0 unspecified atom stereocenters. The Morgan fingerprint density at radius 2 is 1.37 bits per heavy atom. The fourth-order valence-corrected chi connectivity index (χ4v) is 5.47. The van der Waals surface area contributed by atoms with E-state index in [1.165, 1.54) is 29.1 Å². The van der Waals surface area contributed by atoms with Crippen molar-refractivity contribution in [3.05, 3.63) is 66.2 Å². The average molecular weight is 704 g/mol. The average Bonchev–Trinajstić information content (AvgIpc) is 3.38. The molecule has 1 aliphatic carbocycles. The number of ether oxygens (including phenoxy) is 1. The van der Waals surface area contributed by atoms with Gasteiger partial charge in [0.2, 0.25) is 11.7 Å². The number of rotatable bonds is 15. The number of aromatic nitrogens is 6. The van der Waals surface area contributed by atoms with Crippen molar-refractivity contribution in [2.45, 2.75) is 32.6 Å². The highest BCUT2D eigenvalue weighted by atomic mass is 16.5. The van der Waals surface area contributed by atoms with E-state index >= 15 is 0 Å². The van der Waals surface area contributed by atoms with Gasteiger partial charge in [-0.2, -0.15) is 0 Å². The number of aryl methyl sites for hydroxylation is 4. The summed E-state index contributed by atoms with van der Waals surface area (Å²) in [4.78, 5) is 83.9. The molecule has 0 radical (unpaired) electrons. The predicted octanol–water partition coefficient (Wildman–Crippen LogP) is 1.56. The number of hydrogen-bond acceptors (Lipinski definition) is 9. The molecular formula is C33H41N11O7. The van der Waals surface area contributed by atoms with Crippen LogP contribution < -0.4 is 26.6 Å². The Hall–Kier alpha value is -6.20. The molecule has 4 aromatic rings. The molecular weight excluding hydrogens is 662 g/mol. The number of carbonyl (C=O) groups is 6. The van der Waals surface area contributed by atoms with Crippen LogP contribution in [0.1, 0.15) is 74.8 Å². The third-order valence-electron chi connectivity index (χ3n) is 8.41. The van der Waals surface area contributed by atoms with E-state index in [1.807, 2.05) is 0 Å². The van der Waals surface area contributed by atoms with Gasteiger partial charge >= 0.3 is 5.97 Å². The third-order valence-corrected chi connectivity index (χ3v) is 8.41. The topological polar surface area (TPSA) is 217 Å². The summed E-state index contributed by atoms with van der Waals surface area (Å²) in [6.45, 7) is 2.42. The van der Waals surface area contributed by atoms with Gasteiger partial charge in [0, 0.05) is 78.7 Å². The van der Waals surface area contributed by atoms with Crippen molar-refractivity contribution >= 4 is 52.7 Å². The smallest absolute Gasteiger partial charge is 0.306 e. The predicted molar refractivity (Wildman–Crippen MR) is 184 cm³/mol. The number of carbonyl (C=O) groups excluding carboxylic acids is 6. The van der Waals surface area contributed by atoms with Crippen molar-refractivity contribution in [2.75, 3.05) is 35.6 Å². The van der Waals surface area contributed by atoms with Crippen molar-refractivity contribution in [3.8, 4) is 0 Å². The molecule has 4 heterocycles. The fourth-order valence-electron chi connectivity index (χ4n) is 5.47. The van der Waals surface area contributed by atoms with Crippen LogP contribution in [0.15, 0.2) is 43.1 Å². The first-order chi connectivity index (χ1) is 24.3. The lowest BCUT2D eigenvalue weighted by Gasteiger charge is -2.15. The summed E-state index contributed by atoms with van der Waals surface area (Å²) in [7, 11) is 6.62. The van der Waals surface area contributed by atoms with Crippen molar-refractivity contribution in [2.24, 2.45) is 33.6 Å². The third kappa shape index (κ3) is 8.89. The van der Waals surface area contributed by atoms with E-state index in [1.54, 1.807) is 67.4 Å². The van der Waals surface area contributed by atoms with E-state index in [9.17, 15) is 28.8 Å². The molecule has 0 aliphatic heterocycles. The molecule has 5 N–H and O–H groups in total. The second kappa shape index (κ2) is 15.1. The van der Waals surface area contributed by atoms with Gasteiger partial charge in [0.05, 0.1) is 24.4 Å². The van der Waals surface area contributed by atoms with E-state index in [-0.39, 0.29) is 59.8 Å². The van der Waals surface area contributed by atoms with E-state index < -0.39 is 23.6 Å². The molecule has 0 bridgehead atoms. The molecule has 18 heteroatoms. The SMILES string of the molecule is CCOC(=O)CC1(CNC(=O)c2cc(NC(=O)c3nc(NC(=O)CCNC(=O)c4cc(NC(=O)c5nccn5C)cn4C)cn3C)cn2C)CC1. The highest BCUT2D eigenvalue weighted by molar-refractivity contribution is 6.04. The monoisotopic (exact) mass is 703 g/mol. The molecule has 1 fully saturated rings. The Bertz CT molecular complexity index is 1980.